The predicted molar refractivity (Wildman–Crippen MR) is 59.4 cm³/mol. The van der Waals surface area contributed by atoms with Gasteiger partial charge in [-0.3, -0.25) is 4.68 Å². The zero-order chi connectivity index (χ0) is 10.7. The average molecular weight is 214 g/mol. The molecule has 78 valence electrons. The van der Waals surface area contributed by atoms with Crippen molar-refractivity contribution in [2.75, 3.05) is 6.54 Å². The smallest absolute Gasteiger partial charge is 0.0540 e. The lowest BCUT2D eigenvalue weighted by molar-refractivity contribution is 0.608. The summed E-state index contributed by atoms with van der Waals surface area (Å²) in [5.41, 5.74) is 2.37. The molecule has 0 radical (unpaired) electrons. The highest BCUT2D eigenvalue weighted by atomic mass is 35.5. The summed E-state index contributed by atoms with van der Waals surface area (Å²) in [6.45, 7) is 8.39. The van der Waals surface area contributed by atoms with E-state index < -0.39 is 0 Å². The molecule has 1 unspecified atom stereocenters. The van der Waals surface area contributed by atoms with Crippen LogP contribution >= 0.6 is 11.6 Å². The molecule has 1 N–H and O–H groups in total. The second-order valence-corrected chi connectivity index (χ2v) is 3.96. The van der Waals surface area contributed by atoms with Gasteiger partial charge in [-0.15, -0.1) is 0 Å². The lowest BCUT2D eigenvalue weighted by Gasteiger charge is -2.12. The van der Waals surface area contributed by atoms with Gasteiger partial charge >= 0.3 is 0 Å². The zero-order valence-electron chi connectivity index (χ0n) is 8.84. The molecule has 3 nitrogen and oxygen atoms in total. The monoisotopic (exact) mass is 213 g/mol. The van der Waals surface area contributed by atoms with Crippen LogP contribution in [0.5, 0.6) is 0 Å². The van der Waals surface area contributed by atoms with Crippen LogP contribution in [0.1, 0.15) is 24.2 Å². The lowest BCUT2D eigenvalue weighted by atomic mass is 10.1. The van der Waals surface area contributed by atoms with E-state index in [0.717, 1.165) is 0 Å². The lowest BCUT2D eigenvalue weighted by Crippen LogP contribution is -2.20. The van der Waals surface area contributed by atoms with Crippen molar-refractivity contribution < 1.29 is 0 Å². The van der Waals surface area contributed by atoms with Gasteiger partial charge in [0.25, 0.3) is 0 Å². The maximum absolute atomic E-state index is 5.68. The van der Waals surface area contributed by atoms with Crippen molar-refractivity contribution in [1.82, 2.24) is 15.1 Å². The summed E-state index contributed by atoms with van der Waals surface area (Å²) in [5, 5.41) is 8.08. The molecular weight excluding hydrogens is 198 g/mol. The molecule has 0 aliphatic carbocycles. The fourth-order valence-corrected chi connectivity index (χ4v) is 1.39. The number of halogens is 1. The van der Waals surface area contributed by atoms with Gasteiger partial charge in [-0.1, -0.05) is 18.2 Å². The fraction of sp³-hybridized carbons (Fsp3) is 0.500. The first-order valence-electron chi connectivity index (χ1n) is 4.57. The van der Waals surface area contributed by atoms with E-state index in [1.807, 2.05) is 17.9 Å². The Bertz CT molecular complexity index is 330. The largest absolute Gasteiger partial charge is 0.305 e. The Morgan fingerprint density at radius 2 is 2.43 bits per heavy atom. The number of aromatic nitrogens is 2. The molecule has 1 atom stereocenters. The Morgan fingerprint density at radius 3 is 2.86 bits per heavy atom. The van der Waals surface area contributed by atoms with E-state index >= 15 is 0 Å². The molecule has 0 fully saturated rings. The molecule has 0 spiro atoms. The Morgan fingerprint density at radius 1 is 1.79 bits per heavy atom. The molecule has 1 aromatic heterocycles. The van der Waals surface area contributed by atoms with Crippen molar-refractivity contribution in [3.63, 3.8) is 0 Å². The second kappa shape index (κ2) is 4.62. The van der Waals surface area contributed by atoms with E-state index in [9.17, 15) is 0 Å². The summed E-state index contributed by atoms with van der Waals surface area (Å²) in [4.78, 5) is 0. The zero-order valence-corrected chi connectivity index (χ0v) is 9.60. The first-order valence-corrected chi connectivity index (χ1v) is 4.95. The predicted octanol–water partition coefficient (Wildman–Crippen LogP) is 2.13. The number of aryl methyl sites for hydroxylation is 1. The van der Waals surface area contributed by atoms with Gasteiger partial charge in [0.2, 0.25) is 0 Å². The maximum Gasteiger partial charge on any atom is 0.0540 e. The Labute approximate surface area is 89.8 Å². The minimum Gasteiger partial charge on any atom is -0.305 e. The molecule has 0 bridgehead atoms. The Kier molecular flexibility index (Phi) is 3.72. The topological polar surface area (TPSA) is 29.9 Å². The van der Waals surface area contributed by atoms with Crippen LogP contribution in [0, 0.1) is 6.92 Å². The number of nitrogens with one attached hydrogen (secondary N) is 1. The van der Waals surface area contributed by atoms with Crippen molar-refractivity contribution in [1.29, 1.82) is 0 Å². The number of rotatable bonds is 4. The van der Waals surface area contributed by atoms with Crippen molar-refractivity contribution >= 4 is 11.6 Å². The molecule has 0 saturated heterocycles. The molecule has 0 aliphatic heterocycles. The highest BCUT2D eigenvalue weighted by molar-refractivity contribution is 6.29. The number of nitrogens with zero attached hydrogens (tertiary/aromatic N) is 2. The third-order valence-electron chi connectivity index (χ3n) is 2.34. The SMILES string of the molecule is C=C(Cl)CNC(C)c1cnn(C)c1C. The molecular formula is C10H16ClN3. The summed E-state index contributed by atoms with van der Waals surface area (Å²) in [5.74, 6) is 0. The van der Waals surface area contributed by atoms with Crippen molar-refractivity contribution in [3.05, 3.63) is 29.1 Å². The van der Waals surface area contributed by atoms with Gasteiger partial charge < -0.3 is 5.32 Å². The van der Waals surface area contributed by atoms with E-state index in [1.54, 1.807) is 0 Å². The highest BCUT2D eigenvalue weighted by Crippen LogP contribution is 2.16. The summed E-state index contributed by atoms with van der Waals surface area (Å²) in [6, 6.07) is 0.249. The summed E-state index contributed by atoms with van der Waals surface area (Å²) < 4.78 is 1.86. The van der Waals surface area contributed by atoms with Crippen LogP contribution in [-0.4, -0.2) is 16.3 Å². The van der Waals surface area contributed by atoms with Crippen molar-refractivity contribution in [2.24, 2.45) is 7.05 Å². The molecule has 0 aromatic carbocycles. The van der Waals surface area contributed by atoms with E-state index in [0.29, 0.717) is 11.6 Å². The standard InChI is InChI=1S/C10H16ClN3/c1-7(11)5-12-8(2)10-6-13-14(4)9(10)3/h6,8,12H,1,5H2,2-4H3. The first-order chi connectivity index (χ1) is 6.52. The third kappa shape index (κ3) is 2.59. The van der Waals surface area contributed by atoms with E-state index in [-0.39, 0.29) is 6.04 Å². The van der Waals surface area contributed by atoms with E-state index in [4.69, 9.17) is 11.6 Å². The summed E-state index contributed by atoms with van der Waals surface area (Å²) in [6.07, 6.45) is 1.88. The Balaban J connectivity index is 2.65. The van der Waals surface area contributed by atoms with Crippen LogP contribution in [-0.2, 0) is 7.05 Å². The van der Waals surface area contributed by atoms with Crippen molar-refractivity contribution in [2.45, 2.75) is 19.9 Å². The van der Waals surface area contributed by atoms with Crippen LogP contribution in [0.2, 0.25) is 0 Å². The molecule has 1 rings (SSSR count). The normalized spacial score (nSPS) is 12.9. The molecule has 4 heteroatoms. The maximum atomic E-state index is 5.68. The van der Waals surface area contributed by atoms with Gasteiger partial charge in [-0.2, -0.15) is 5.10 Å². The molecule has 1 aromatic rings. The average Bonchev–Trinajstić information content (AvgIpc) is 2.44. The van der Waals surface area contributed by atoms with Gasteiger partial charge in [0, 0.05) is 35.9 Å². The summed E-state index contributed by atoms with van der Waals surface area (Å²) in [7, 11) is 1.94. The molecule has 1 heterocycles. The molecule has 14 heavy (non-hydrogen) atoms. The molecule has 0 saturated carbocycles. The van der Waals surface area contributed by atoms with Crippen LogP contribution in [0.3, 0.4) is 0 Å². The molecule has 0 aliphatic rings. The van der Waals surface area contributed by atoms with Crippen molar-refractivity contribution in [3.8, 4) is 0 Å². The van der Waals surface area contributed by atoms with E-state index in [1.165, 1.54) is 11.3 Å². The highest BCUT2D eigenvalue weighted by Gasteiger charge is 2.10. The minimum absolute atomic E-state index is 0.249. The van der Waals surface area contributed by atoms with Gasteiger partial charge in [0.1, 0.15) is 0 Å². The second-order valence-electron chi connectivity index (χ2n) is 3.43. The van der Waals surface area contributed by atoms with Crippen LogP contribution < -0.4 is 5.32 Å². The van der Waals surface area contributed by atoms with Gasteiger partial charge in [-0.05, 0) is 13.8 Å². The van der Waals surface area contributed by atoms with Crippen LogP contribution in [0.4, 0.5) is 0 Å². The van der Waals surface area contributed by atoms with Gasteiger partial charge in [-0.25, -0.2) is 0 Å². The Hall–Kier alpha value is -0.800. The van der Waals surface area contributed by atoms with Crippen LogP contribution in [0.25, 0.3) is 0 Å². The van der Waals surface area contributed by atoms with Gasteiger partial charge in [0.15, 0.2) is 0 Å². The quantitative estimate of drug-likeness (QED) is 0.831. The number of hydrogen-bond donors (Lipinski definition) is 1. The fourth-order valence-electron chi connectivity index (χ4n) is 1.31. The third-order valence-corrected chi connectivity index (χ3v) is 2.47. The summed E-state index contributed by atoms with van der Waals surface area (Å²) >= 11 is 5.68. The minimum atomic E-state index is 0.249. The number of hydrogen-bond acceptors (Lipinski definition) is 2. The first kappa shape index (κ1) is 11.3. The molecule has 0 amide bonds. The van der Waals surface area contributed by atoms with E-state index in [2.05, 4.69) is 30.8 Å². The van der Waals surface area contributed by atoms with Gasteiger partial charge in [0.05, 0.1) is 6.20 Å². The van der Waals surface area contributed by atoms with Crippen LogP contribution in [0.15, 0.2) is 17.8 Å².